The van der Waals surface area contributed by atoms with Crippen LogP contribution < -0.4 is 11.3 Å². The third-order valence-corrected chi connectivity index (χ3v) is 4.16. The number of aromatic nitrogens is 2. The number of anilines is 1. The highest BCUT2D eigenvalue weighted by molar-refractivity contribution is 7.98. The first-order valence-electron chi connectivity index (χ1n) is 6.66. The maximum atomic E-state index is 5.52. The number of hydrogen-bond donors (Lipinski definition) is 2. The molecule has 0 saturated heterocycles. The standard InChI is InChI=1S/C15H20N4S/c1-4-13-11(3)15(19-16)18-14(17-13)9-20-12-7-5-10(2)6-8-12/h5-8H,4,9,16H2,1-3H3,(H,17,18,19). The van der Waals surface area contributed by atoms with Gasteiger partial charge in [-0.3, -0.25) is 0 Å². The molecule has 4 nitrogen and oxygen atoms in total. The van der Waals surface area contributed by atoms with E-state index in [1.807, 2.05) is 6.92 Å². The average molecular weight is 288 g/mol. The predicted molar refractivity (Wildman–Crippen MR) is 84.7 cm³/mol. The van der Waals surface area contributed by atoms with Gasteiger partial charge in [0.1, 0.15) is 11.6 Å². The molecule has 0 aliphatic heterocycles. The van der Waals surface area contributed by atoms with Crippen molar-refractivity contribution in [3.8, 4) is 0 Å². The highest BCUT2D eigenvalue weighted by Crippen LogP contribution is 2.23. The van der Waals surface area contributed by atoms with Gasteiger partial charge in [0.2, 0.25) is 0 Å². The van der Waals surface area contributed by atoms with Gasteiger partial charge in [-0.2, -0.15) is 0 Å². The van der Waals surface area contributed by atoms with Crippen LogP contribution in [0.3, 0.4) is 0 Å². The largest absolute Gasteiger partial charge is 0.308 e. The second-order valence-electron chi connectivity index (χ2n) is 4.66. The molecule has 3 N–H and O–H groups in total. The van der Waals surface area contributed by atoms with E-state index in [2.05, 4.69) is 53.5 Å². The SMILES string of the molecule is CCc1nc(CSc2ccc(C)cc2)nc(NN)c1C. The molecule has 2 rings (SSSR count). The Morgan fingerprint density at radius 2 is 1.85 bits per heavy atom. The zero-order valence-corrected chi connectivity index (χ0v) is 12.9. The van der Waals surface area contributed by atoms with Gasteiger partial charge in [0.25, 0.3) is 0 Å². The van der Waals surface area contributed by atoms with Gasteiger partial charge in [-0.25, -0.2) is 15.8 Å². The van der Waals surface area contributed by atoms with E-state index >= 15 is 0 Å². The average Bonchev–Trinajstić information content (AvgIpc) is 2.47. The van der Waals surface area contributed by atoms with E-state index in [1.54, 1.807) is 11.8 Å². The third-order valence-electron chi connectivity index (χ3n) is 3.15. The molecule has 20 heavy (non-hydrogen) atoms. The maximum absolute atomic E-state index is 5.52. The normalized spacial score (nSPS) is 10.6. The van der Waals surface area contributed by atoms with Crippen LogP contribution in [0.15, 0.2) is 29.2 Å². The van der Waals surface area contributed by atoms with Crippen LogP contribution in [-0.2, 0) is 12.2 Å². The number of nitrogen functional groups attached to an aromatic ring is 1. The van der Waals surface area contributed by atoms with Crippen molar-refractivity contribution >= 4 is 17.6 Å². The first-order valence-corrected chi connectivity index (χ1v) is 7.65. The molecule has 0 fully saturated rings. The molecule has 0 radical (unpaired) electrons. The van der Waals surface area contributed by atoms with E-state index in [-0.39, 0.29) is 0 Å². The van der Waals surface area contributed by atoms with Crippen LogP contribution in [0.1, 0.15) is 29.6 Å². The molecule has 5 heteroatoms. The highest BCUT2D eigenvalue weighted by Gasteiger charge is 2.09. The van der Waals surface area contributed by atoms with Crippen molar-refractivity contribution in [3.05, 3.63) is 46.9 Å². The van der Waals surface area contributed by atoms with E-state index in [4.69, 9.17) is 5.84 Å². The molecule has 0 amide bonds. The van der Waals surface area contributed by atoms with Crippen LogP contribution >= 0.6 is 11.8 Å². The van der Waals surface area contributed by atoms with E-state index in [0.717, 1.165) is 35.1 Å². The quantitative estimate of drug-likeness (QED) is 0.502. The fourth-order valence-corrected chi connectivity index (χ4v) is 2.70. The molecule has 0 aliphatic carbocycles. The first-order chi connectivity index (χ1) is 9.63. The lowest BCUT2D eigenvalue weighted by Crippen LogP contribution is -2.14. The maximum Gasteiger partial charge on any atom is 0.146 e. The van der Waals surface area contributed by atoms with Crippen LogP contribution in [0.25, 0.3) is 0 Å². The molecule has 0 bridgehead atoms. The van der Waals surface area contributed by atoms with Crippen LogP contribution in [0, 0.1) is 13.8 Å². The van der Waals surface area contributed by atoms with Crippen LogP contribution in [0.4, 0.5) is 5.82 Å². The number of nitrogens with two attached hydrogens (primary N) is 1. The number of hydrogen-bond acceptors (Lipinski definition) is 5. The van der Waals surface area contributed by atoms with Crippen LogP contribution in [0.2, 0.25) is 0 Å². The Bertz CT molecular complexity index is 556. The van der Waals surface area contributed by atoms with E-state index in [1.165, 1.54) is 10.5 Å². The Morgan fingerprint density at radius 1 is 1.15 bits per heavy atom. The zero-order chi connectivity index (χ0) is 14.5. The second kappa shape index (κ2) is 6.72. The summed E-state index contributed by atoms with van der Waals surface area (Å²) in [5.41, 5.74) is 6.00. The Hall–Kier alpha value is -1.59. The minimum Gasteiger partial charge on any atom is -0.308 e. The van der Waals surface area contributed by atoms with Gasteiger partial charge in [0.05, 0.1) is 5.75 Å². The molecule has 0 saturated carbocycles. The molecular weight excluding hydrogens is 268 g/mol. The van der Waals surface area contributed by atoms with Crippen molar-refractivity contribution in [1.29, 1.82) is 0 Å². The Morgan fingerprint density at radius 3 is 2.45 bits per heavy atom. The molecule has 106 valence electrons. The Kier molecular flexibility index (Phi) is 4.98. The number of thioether (sulfide) groups is 1. The van der Waals surface area contributed by atoms with Crippen molar-refractivity contribution in [2.75, 3.05) is 5.43 Å². The van der Waals surface area contributed by atoms with Crippen molar-refractivity contribution in [2.24, 2.45) is 5.84 Å². The van der Waals surface area contributed by atoms with Gasteiger partial charge < -0.3 is 5.43 Å². The van der Waals surface area contributed by atoms with Crippen molar-refractivity contribution < 1.29 is 0 Å². The van der Waals surface area contributed by atoms with Gasteiger partial charge in [-0.1, -0.05) is 24.6 Å². The topological polar surface area (TPSA) is 63.8 Å². The molecule has 0 aliphatic rings. The fraction of sp³-hybridized carbons (Fsp3) is 0.333. The number of rotatable bonds is 5. The highest BCUT2D eigenvalue weighted by atomic mass is 32.2. The Balaban J connectivity index is 2.14. The van der Waals surface area contributed by atoms with Gasteiger partial charge in [0, 0.05) is 16.2 Å². The van der Waals surface area contributed by atoms with E-state index < -0.39 is 0 Å². The molecule has 0 spiro atoms. The second-order valence-corrected chi connectivity index (χ2v) is 5.71. The van der Waals surface area contributed by atoms with E-state index in [9.17, 15) is 0 Å². The van der Waals surface area contributed by atoms with Gasteiger partial charge in [-0.05, 0) is 32.4 Å². The number of nitrogens with zero attached hydrogens (tertiary/aromatic N) is 2. The molecule has 0 unspecified atom stereocenters. The summed E-state index contributed by atoms with van der Waals surface area (Å²) in [5, 5.41) is 0. The number of hydrazine groups is 1. The summed E-state index contributed by atoms with van der Waals surface area (Å²) in [6, 6.07) is 8.47. The first kappa shape index (κ1) is 14.8. The minimum absolute atomic E-state index is 0.719. The lowest BCUT2D eigenvalue weighted by Gasteiger charge is -2.10. The summed E-state index contributed by atoms with van der Waals surface area (Å²) in [6.45, 7) is 6.17. The molecule has 1 aromatic heterocycles. The van der Waals surface area contributed by atoms with Gasteiger partial charge in [0.15, 0.2) is 0 Å². The molecule has 0 atom stereocenters. The summed E-state index contributed by atoms with van der Waals surface area (Å²) in [6.07, 6.45) is 0.880. The third kappa shape index (κ3) is 3.49. The van der Waals surface area contributed by atoms with Gasteiger partial charge >= 0.3 is 0 Å². The van der Waals surface area contributed by atoms with E-state index in [0.29, 0.717) is 0 Å². The summed E-state index contributed by atoms with van der Waals surface area (Å²) in [4.78, 5) is 10.3. The van der Waals surface area contributed by atoms with Crippen molar-refractivity contribution in [1.82, 2.24) is 9.97 Å². The Labute approximate surface area is 124 Å². The smallest absolute Gasteiger partial charge is 0.146 e. The molecule has 1 heterocycles. The monoisotopic (exact) mass is 288 g/mol. The summed E-state index contributed by atoms with van der Waals surface area (Å²) in [5.74, 6) is 7.79. The predicted octanol–water partition coefficient (Wildman–Crippen LogP) is 3.23. The van der Waals surface area contributed by atoms with Crippen molar-refractivity contribution in [2.45, 2.75) is 37.8 Å². The number of aryl methyl sites for hydroxylation is 2. The zero-order valence-electron chi connectivity index (χ0n) is 12.1. The van der Waals surface area contributed by atoms with Crippen molar-refractivity contribution in [3.63, 3.8) is 0 Å². The summed E-state index contributed by atoms with van der Waals surface area (Å²) < 4.78 is 0. The molecular formula is C15H20N4S. The lowest BCUT2D eigenvalue weighted by atomic mass is 10.2. The number of benzene rings is 1. The minimum atomic E-state index is 0.719. The lowest BCUT2D eigenvalue weighted by molar-refractivity contribution is 0.916. The number of nitrogens with one attached hydrogen (secondary N) is 1. The summed E-state index contributed by atoms with van der Waals surface area (Å²) >= 11 is 1.73. The molecule has 2 aromatic rings. The molecule has 1 aromatic carbocycles. The summed E-state index contributed by atoms with van der Waals surface area (Å²) in [7, 11) is 0. The van der Waals surface area contributed by atoms with Crippen LogP contribution in [0.5, 0.6) is 0 Å². The van der Waals surface area contributed by atoms with Crippen LogP contribution in [-0.4, -0.2) is 9.97 Å². The fourth-order valence-electron chi connectivity index (χ4n) is 1.95. The van der Waals surface area contributed by atoms with Gasteiger partial charge in [-0.15, -0.1) is 11.8 Å².